The van der Waals surface area contributed by atoms with Crippen LogP contribution in [0.2, 0.25) is 0 Å². The van der Waals surface area contributed by atoms with E-state index in [1.54, 1.807) is 31.6 Å². The Labute approximate surface area is 75.1 Å². The summed E-state index contributed by atoms with van der Waals surface area (Å²) in [6.45, 7) is 0. The molecule has 0 radical (unpaired) electrons. The van der Waals surface area contributed by atoms with Crippen LogP contribution in [0.15, 0.2) is 29.4 Å². The Morgan fingerprint density at radius 3 is 3.00 bits per heavy atom. The molecule has 0 amide bonds. The van der Waals surface area contributed by atoms with Gasteiger partial charge in [0.2, 0.25) is 0 Å². The lowest BCUT2D eigenvalue weighted by Gasteiger charge is -1.96. The molecule has 66 valence electrons. The van der Waals surface area contributed by atoms with Gasteiger partial charge < -0.3 is 4.98 Å². The van der Waals surface area contributed by atoms with Crippen LogP contribution in [0.4, 0.5) is 4.39 Å². The summed E-state index contributed by atoms with van der Waals surface area (Å²) in [6.07, 6.45) is 3.43. The van der Waals surface area contributed by atoms with Crippen molar-refractivity contribution in [3.63, 3.8) is 0 Å². The lowest BCUT2D eigenvalue weighted by Crippen LogP contribution is -1.85. The molecule has 1 aromatic heterocycles. The van der Waals surface area contributed by atoms with Crippen molar-refractivity contribution in [3.05, 3.63) is 35.8 Å². The third kappa shape index (κ3) is 1.22. The molecule has 2 nitrogen and oxygen atoms in total. The highest BCUT2D eigenvalue weighted by molar-refractivity contribution is 5.97. The fourth-order valence-electron chi connectivity index (χ4n) is 1.39. The molecule has 1 aromatic carbocycles. The number of benzene rings is 1. The van der Waals surface area contributed by atoms with Crippen LogP contribution in [0.1, 0.15) is 5.56 Å². The summed E-state index contributed by atoms with van der Waals surface area (Å²) in [7, 11) is 1.69. The van der Waals surface area contributed by atoms with Gasteiger partial charge in [-0.05, 0) is 18.2 Å². The monoisotopic (exact) mass is 176 g/mol. The van der Waals surface area contributed by atoms with Crippen molar-refractivity contribution in [2.45, 2.75) is 0 Å². The average molecular weight is 176 g/mol. The van der Waals surface area contributed by atoms with Gasteiger partial charge in [-0.2, -0.15) is 0 Å². The normalized spacial score (nSPS) is 11.5. The van der Waals surface area contributed by atoms with Gasteiger partial charge in [0.25, 0.3) is 0 Å². The van der Waals surface area contributed by atoms with Crippen molar-refractivity contribution in [2.24, 2.45) is 4.99 Å². The minimum atomic E-state index is -0.204. The van der Waals surface area contributed by atoms with Crippen LogP contribution >= 0.6 is 0 Å². The van der Waals surface area contributed by atoms with Gasteiger partial charge in [0.15, 0.2) is 0 Å². The predicted molar refractivity (Wildman–Crippen MR) is 51.8 cm³/mol. The van der Waals surface area contributed by atoms with Crippen LogP contribution in [0, 0.1) is 5.82 Å². The lowest BCUT2D eigenvalue weighted by atomic mass is 10.1. The van der Waals surface area contributed by atoms with Crippen LogP contribution in [0.5, 0.6) is 0 Å². The first-order valence-corrected chi connectivity index (χ1v) is 4.00. The first-order valence-electron chi connectivity index (χ1n) is 4.00. The summed E-state index contributed by atoms with van der Waals surface area (Å²) in [5, 5.41) is 0.609. The second kappa shape index (κ2) is 3.01. The smallest absolute Gasteiger partial charge is 0.132 e. The number of halogens is 1. The van der Waals surface area contributed by atoms with E-state index in [1.165, 1.54) is 6.07 Å². The summed E-state index contributed by atoms with van der Waals surface area (Å²) in [6, 6.07) is 4.88. The summed E-state index contributed by atoms with van der Waals surface area (Å²) < 4.78 is 13.2. The van der Waals surface area contributed by atoms with E-state index in [0.717, 1.165) is 11.1 Å². The van der Waals surface area contributed by atoms with Crippen LogP contribution in [-0.4, -0.2) is 18.2 Å². The molecule has 0 aliphatic carbocycles. The number of nitrogens with one attached hydrogen (secondary N) is 1. The van der Waals surface area contributed by atoms with E-state index in [1.807, 2.05) is 0 Å². The molecule has 0 saturated carbocycles. The maximum absolute atomic E-state index is 13.2. The number of aromatic nitrogens is 1. The van der Waals surface area contributed by atoms with Crippen molar-refractivity contribution in [2.75, 3.05) is 7.05 Å². The topological polar surface area (TPSA) is 28.1 Å². The Balaban J connectivity index is 2.78. The molecule has 3 heteroatoms. The zero-order valence-electron chi connectivity index (χ0n) is 7.21. The van der Waals surface area contributed by atoms with Gasteiger partial charge >= 0.3 is 0 Å². The van der Waals surface area contributed by atoms with Crippen LogP contribution in [0.25, 0.3) is 10.9 Å². The highest BCUT2D eigenvalue weighted by Gasteiger charge is 2.04. The largest absolute Gasteiger partial charge is 0.361 e. The quantitative estimate of drug-likeness (QED) is 0.646. The van der Waals surface area contributed by atoms with E-state index in [4.69, 9.17) is 0 Å². The maximum atomic E-state index is 13.2. The van der Waals surface area contributed by atoms with E-state index < -0.39 is 0 Å². The number of hydrogen-bond donors (Lipinski definition) is 1. The predicted octanol–water partition coefficient (Wildman–Crippen LogP) is 2.36. The molecule has 0 saturated heterocycles. The molecule has 0 fully saturated rings. The average Bonchev–Trinajstić information content (AvgIpc) is 2.59. The maximum Gasteiger partial charge on any atom is 0.132 e. The summed E-state index contributed by atoms with van der Waals surface area (Å²) in [5.41, 5.74) is 1.70. The SMILES string of the molecule is CN=Cc1ccc(F)c2cc[nH]c12. The van der Waals surface area contributed by atoms with Gasteiger partial charge in [0.05, 0.1) is 5.52 Å². The Hall–Kier alpha value is -1.64. The summed E-state index contributed by atoms with van der Waals surface area (Å²) in [4.78, 5) is 6.88. The molecule has 0 unspecified atom stereocenters. The van der Waals surface area contributed by atoms with Crippen LogP contribution in [0.3, 0.4) is 0 Å². The highest BCUT2D eigenvalue weighted by Crippen LogP contribution is 2.19. The minimum Gasteiger partial charge on any atom is -0.361 e. The molecule has 0 spiro atoms. The third-order valence-corrected chi connectivity index (χ3v) is 1.97. The van der Waals surface area contributed by atoms with Gasteiger partial charge in [0, 0.05) is 30.4 Å². The Kier molecular flexibility index (Phi) is 1.85. The number of aromatic amines is 1. The van der Waals surface area contributed by atoms with Gasteiger partial charge in [-0.15, -0.1) is 0 Å². The van der Waals surface area contributed by atoms with E-state index in [9.17, 15) is 4.39 Å². The number of H-pyrrole nitrogens is 1. The van der Waals surface area contributed by atoms with E-state index in [-0.39, 0.29) is 5.82 Å². The van der Waals surface area contributed by atoms with Gasteiger partial charge in [-0.1, -0.05) is 0 Å². The van der Waals surface area contributed by atoms with Crippen LogP contribution in [-0.2, 0) is 0 Å². The highest BCUT2D eigenvalue weighted by atomic mass is 19.1. The van der Waals surface area contributed by atoms with E-state index in [2.05, 4.69) is 9.98 Å². The van der Waals surface area contributed by atoms with E-state index >= 15 is 0 Å². The first kappa shape index (κ1) is 7.98. The third-order valence-electron chi connectivity index (χ3n) is 1.97. The molecule has 2 aromatic rings. The molecule has 1 N–H and O–H groups in total. The van der Waals surface area contributed by atoms with Crippen molar-refractivity contribution >= 4 is 17.1 Å². The zero-order chi connectivity index (χ0) is 9.26. The van der Waals surface area contributed by atoms with Gasteiger partial charge in [0.1, 0.15) is 5.82 Å². The first-order chi connectivity index (χ1) is 6.33. The molecule has 0 bridgehead atoms. The fraction of sp³-hybridized carbons (Fsp3) is 0.100. The van der Waals surface area contributed by atoms with Crippen molar-refractivity contribution in [1.82, 2.24) is 4.98 Å². The van der Waals surface area contributed by atoms with Gasteiger partial charge in [-0.25, -0.2) is 4.39 Å². The van der Waals surface area contributed by atoms with Crippen molar-refractivity contribution < 1.29 is 4.39 Å². The molecule has 2 rings (SSSR count). The molecule has 13 heavy (non-hydrogen) atoms. The lowest BCUT2D eigenvalue weighted by molar-refractivity contribution is 0.640. The zero-order valence-corrected chi connectivity index (χ0v) is 7.21. The number of nitrogens with zero attached hydrogens (tertiary/aromatic N) is 1. The fourth-order valence-corrected chi connectivity index (χ4v) is 1.39. The molecular weight excluding hydrogens is 167 g/mol. The number of fused-ring (bicyclic) bond motifs is 1. The van der Waals surface area contributed by atoms with E-state index in [0.29, 0.717) is 5.39 Å². The number of aliphatic imine (C=N–C) groups is 1. The van der Waals surface area contributed by atoms with Crippen LogP contribution < -0.4 is 0 Å². The van der Waals surface area contributed by atoms with Crippen molar-refractivity contribution in [3.8, 4) is 0 Å². The molecule has 0 aliphatic rings. The Bertz CT molecular complexity index is 457. The summed E-state index contributed by atoms with van der Waals surface area (Å²) in [5.74, 6) is -0.204. The molecule has 0 aliphatic heterocycles. The summed E-state index contributed by atoms with van der Waals surface area (Å²) >= 11 is 0. The standard InChI is InChI=1S/C10H9FN2/c1-12-6-7-2-3-9(11)8-4-5-13-10(7)8/h2-6,13H,1H3. The molecular formula is C10H9FN2. The number of hydrogen-bond acceptors (Lipinski definition) is 1. The molecule has 0 atom stereocenters. The minimum absolute atomic E-state index is 0.204. The second-order valence-electron chi connectivity index (χ2n) is 2.79. The van der Waals surface area contributed by atoms with Crippen molar-refractivity contribution in [1.29, 1.82) is 0 Å². The molecule has 1 heterocycles. The Morgan fingerprint density at radius 1 is 1.38 bits per heavy atom. The second-order valence-corrected chi connectivity index (χ2v) is 2.79. The Morgan fingerprint density at radius 2 is 2.23 bits per heavy atom. The number of rotatable bonds is 1. The van der Waals surface area contributed by atoms with Gasteiger partial charge in [-0.3, -0.25) is 4.99 Å².